The summed E-state index contributed by atoms with van der Waals surface area (Å²) in [7, 11) is 2.02. The zero-order valence-corrected chi connectivity index (χ0v) is 10.1. The van der Waals surface area contributed by atoms with Gasteiger partial charge in [0.05, 0.1) is 11.9 Å². The van der Waals surface area contributed by atoms with E-state index in [9.17, 15) is 0 Å². The molecule has 0 saturated carbocycles. The second-order valence-corrected chi connectivity index (χ2v) is 4.53. The minimum Gasteiger partial charge on any atom is -0.355 e. The van der Waals surface area contributed by atoms with Crippen LogP contribution >= 0.6 is 0 Å². The van der Waals surface area contributed by atoms with Crippen LogP contribution in [-0.2, 0) is 0 Å². The summed E-state index contributed by atoms with van der Waals surface area (Å²) in [6, 6.07) is 0. The Morgan fingerprint density at radius 2 is 2.38 bits per heavy atom. The molecule has 1 atom stereocenters. The average molecular weight is 220 g/mol. The van der Waals surface area contributed by atoms with Crippen molar-refractivity contribution in [2.24, 2.45) is 5.92 Å². The molecule has 1 saturated heterocycles. The summed E-state index contributed by atoms with van der Waals surface area (Å²) in [6.07, 6.45) is 6.24. The van der Waals surface area contributed by atoms with Gasteiger partial charge in [-0.15, -0.1) is 0 Å². The van der Waals surface area contributed by atoms with Gasteiger partial charge >= 0.3 is 0 Å². The highest BCUT2D eigenvalue weighted by atomic mass is 15.2. The Hall–Kier alpha value is -1.16. The van der Waals surface area contributed by atoms with Crippen LogP contribution in [0.3, 0.4) is 0 Å². The van der Waals surface area contributed by atoms with E-state index in [0.29, 0.717) is 0 Å². The van der Waals surface area contributed by atoms with Gasteiger partial charge in [0.2, 0.25) is 0 Å². The van der Waals surface area contributed by atoms with Gasteiger partial charge in [-0.05, 0) is 39.3 Å². The summed E-state index contributed by atoms with van der Waals surface area (Å²) in [5, 5.41) is 3.26. The lowest BCUT2D eigenvalue weighted by atomic mass is 9.98. The van der Waals surface area contributed by atoms with E-state index < -0.39 is 0 Å². The average Bonchev–Trinajstić information content (AvgIpc) is 2.30. The van der Waals surface area contributed by atoms with Gasteiger partial charge in [-0.1, -0.05) is 0 Å². The standard InChI is InChI=1S/C12H20N4/c1-10-6-14-8-12(15-10)16-5-3-4-11(9-16)7-13-2/h6,8,11,13H,3-5,7,9H2,1-2H3/t11-/m1/s1. The molecule has 88 valence electrons. The predicted octanol–water partition coefficient (Wildman–Crippen LogP) is 1.22. The minimum absolute atomic E-state index is 0.737. The molecule has 1 fully saturated rings. The monoisotopic (exact) mass is 220 g/mol. The molecular weight excluding hydrogens is 200 g/mol. The predicted molar refractivity (Wildman–Crippen MR) is 65.6 cm³/mol. The van der Waals surface area contributed by atoms with Crippen molar-refractivity contribution >= 4 is 5.82 Å². The molecule has 0 aliphatic carbocycles. The van der Waals surface area contributed by atoms with Gasteiger partial charge < -0.3 is 10.2 Å². The van der Waals surface area contributed by atoms with Crippen LogP contribution in [0.1, 0.15) is 18.5 Å². The fourth-order valence-electron chi connectivity index (χ4n) is 2.33. The number of rotatable bonds is 3. The molecule has 2 rings (SSSR count). The first-order valence-corrected chi connectivity index (χ1v) is 5.98. The van der Waals surface area contributed by atoms with Crippen molar-refractivity contribution in [1.82, 2.24) is 15.3 Å². The summed E-state index contributed by atoms with van der Waals surface area (Å²) >= 11 is 0. The quantitative estimate of drug-likeness (QED) is 0.831. The molecule has 1 aromatic rings. The van der Waals surface area contributed by atoms with Gasteiger partial charge in [-0.3, -0.25) is 4.98 Å². The van der Waals surface area contributed by atoms with Gasteiger partial charge in [-0.25, -0.2) is 4.98 Å². The van der Waals surface area contributed by atoms with Crippen LogP contribution in [0.15, 0.2) is 12.4 Å². The normalized spacial score (nSPS) is 21.1. The number of nitrogens with zero attached hydrogens (tertiary/aromatic N) is 3. The third-order valence-electron chi connectivity index (χ3n) is 3.08. The topological polar surface area (TPSA) is 41.0 Å². The van der Waals surface area contributed by atoms with Gasteiger partial charge in [-0.2, -0.15) is 0 Å². The van der Waals surface area contributed by atoms with Gasteiger partial charge in [0.25, 0.3) is 0 Å². The van der Waals surface area contributed by atoms with Crippen LogP contribution in [-0.4, -0.2) is 36.6 Å². The summed E-state index contributed by atoms with van der Waals surface area (Å²) in [5.74, 6) is 1.77. The van der Waals surface area contributed by atoms with E-state index in [4.69, 9.17) is 0 Å². The molecule has 1 N–H and O–H groups in total. The molecule has 0 spiro atoms. The molecular formula is C12H20N4. The van der Waals surface area contributed by atoms with Crippen molar-refractivity contribution in [1.29, 1.82) is 0 Å². The van der Waals surface area contributed by atoms with E-state index in [1.165, 1.54) is 12.8 Å². The lowest BCUT2D eigenvalue weighted by molar-refractivity contribution is 0.401. The Labute approximate surface area is 97.1 Å². The Bertz CT molecular complexity index is 338. The SMILES string of the molecule is CNC[C@H]1CCCN(c2cncc(C)n2)C1. The lowest BCUT2D eigenvalue weighted by Gasteiger charge is -2.33. The van der Waals surface area contributed by atoms with Crippen LogP contribution in [0.4, 0.5) is 5.82 Å². The highest BCUT2D eigenvalue weighted by Gasteiger charge is 2.20. The molecule has 1 aliphatic rings. The Balaban J connectivity index is 2.03. The van der Waals surface area contributed by atoms with E-state index in [1.54, 1.807) is 6.20 Å². The summed E-state index contributed by atoms with van der Waals surface area (Å²) in [5.41, 5.74) is 0.994. The molecule has 1 aliphatic heterocycles. The number of nitrogens with one attached hydrogen (secondary N) is 1. The molecule has 16 heavy (non-hydrogen) atoms. The van der Waals surface area contributed by atoms with E-state index in [2.05, 4.69) is 20.2 Å². The van der Waals surface area contributed by atoms with E-state index >= 15 is 0 Å². The lowest BCUT2D eigenvalue weighted by Crippen LogP contribution is -2.39. The van der Waals surface area contributed by atoms with E-state index in [-0.39, 0.29) is 0 Å². The summed E-state index contributed by atoms with van der Waals surface area (Å²) in [6.45, 7) is 5.29. The molecule has 0 aromatic carbocycles. The Morgan fingerprint density at radius 3 is 3.12 bits per heavy atom. The molecule has 4 nitrogen and oxygen atoms in total. The summed E-state index contributed by atoms with van der Waals surface area (Å²) < 4.78 is 0. The highest BCUT2D eigenvalue weighted by molar-refractivity contribution is 5.36. The fourth-order valence-corrected chi connectivity index (χ4v) is 2.33. The second-order valence-electron chi connectivity index (χ2n) is 4.53. The van der Waals surface area contributed by atoms with Crippen molar-refractivity contribution in [3.05, 3.63) is 18.1 Å². The molecule has 0 bridgehead atoms. The fraction of sp³-hybridized carbons (Fsp3) is 0.667. The van der Waals surface area contributed by atoms with Crippen molar-refractivity contribution in [2.75, 3.05) is 31.6 Å². The van der Waals surface area contributed by atoms with Crippen molar-refractivity contribution < 1.29 is 0 Å². The molecule has 2 heterocycles. The van der Waals surface area contributed by atoms with Crippen LogP contribution < -0.4 is 10.2 Å². The number of aryl methyl sites for hydroxylation is 1. The van der Waals surface area contributed by atoms with Crippen LogP contribution in [0.2, 0.25) is 0 Å². The third-order valence-corrected chi connectivity index (χ3v) is 3.08. The maximum atomic E-state index is 4.53. The molecule has 0 unspecified atom stereocenters. The number of anilines is 1. The first kappa shape index (κ1) is 11.3. The van der Waals surface area contributed by atoms with Gasteiger partial charge in [0.1, 0.15) is 5.82 Å². The summed E-state index contributed by atoms with van der Waals surface area (Å²) in [4.78, 5) is 11.1. The van der Waals surface area contributed by atoms with Gasteiger partial charge in [0, 0.05) is 19.3 Å². The second kappa shape index (κ2) is 5.25. The Kier molecular flexibility index (Phi) is 3.72. The van der Waals surface area contributed by atoms with E-state index in [1.807, 2.05) is 20.2 Å². The van der Waals surface area contributed by atoms with Gasteiger partial charge in [0.15, 0.2) is 0 Å². The zero-order chi connectivity index (χ0) is 11.4. The first-order chi connectivity index (χ1) is 7.79. The first-order valence-electron chi connectivity index (χ1n) is 5.98. The smallest absolute Gasteiger partial charge is 0.147 e. The number of aromatic nitrogens is 2. The molecule has 4 heteroatoms. The number of hydrogen-bond donors (Lipinski definition) is 1. The van der Waals surface area contributed by atoms with Crippen molar-refractivity contribution in [2.45, 2.75) is 19.8 Å². The van der Waals surface area contributed by atoms with Crippen LogP contribution in [0, 0.1) is 12.8 Å². The number of piperidine rings is 1. The maximum Gasteiger partial charge on any atom is 0.147 e. The van der Waals surface area contributed by atoms with Crippen LogP contribution in [0.5, 0.6) is 0 Å². The highest BCUT2D eigenvalue weighted by Crippen LogP contribution is 2.20. The third kappa shape index (κ3) is 2.70. The van der Waals surface area contributed by atoms with Crippen LogP contribution in [0.25, 0.3) is 0 Å². The Morgan fingerprint density at radius 1 is 1.50 bits per heavy atom. The van der Waals surface area contributed by atoms with Crippen molar-refractivity contribution in [3.63, 3.8) is 0 Å². The van der Waals surface area contributed by atoms with E-state index in [0.717, 1.165) is 37.1 Å². The number of hydrogen-bond acceptors (Lipinski definition) is 4. The maximum absolute atomic E-state index is 4.53. The largest absolute Gasteiger partial charge is 0.355 e. The molecule has 1 aromatic heterocycles. The van der Waals surface area contributed by atoms with Crippen molar-refractivity contribution in [3.8, 4) is 0 Å². The zero-order valence-electron chi connectivity index (χ0n) is 10.1. The molecule has 0 amide bonds. The molecule has 0 radical (unpaired) electrons. The minimum atomic E-state index is 0.737.